The molecule has 0 saturated heterocycles. The average molecular weight is 357 g/mol. The first-order valence-corrected chi connectivity index (χ1v) is 7.05. The van der Waals surface area contributed by atoms with Crippen molar-refractivity contribution in [2.75, 3.05) is 11.9 Å². The van der Waals surface area contributed by atoms with Gasteiger partial charge in [-0.2, -0.15) is 5.10 Å². The van der Waals surface area contributed by atoms with E-state index < -0.39 is 17.5 Å². The van der Waals surface area contributed by atoms with E-state index in [0.717, 1.165) is 12.1 Å². The maximum atomic E-state index is 13.4. The number of aromatic nitrogens is 2. The van der Waals surface area contributed by atoms with E-state index in [2.05, 4.69) is 26.3 Å². The van der Waals surface area contributed by atoms with Crippen molar-refractivity contribution < 1.29 is 13.6 Å². The van der Waals surface area contributed by atoms with Crippen LogP contribution in [0.4, 0.5) is 14.6 Å². The first-order chi connectivity index (χ1) is 9.99. The number of hydrogen-bond donors (Lipinski definition) is 2. The zero-order valence-electron chi connectivity index (χ0n) is 10.7. The van der Waals surface area contributed by atoms with Crippen molar-refractivity contribution in [1.82, 2.24) is 9.78 Å². The second-order valence-corrected chi connectivity index (χ2v) is 5.52. The minimum absolute atomic E-state index is 0.104. The van der Waals surface area contributed by atoms with Gasteiger partial charge in [0.1, 0.15) is 5.82 Å². The fraction of sp³-hybridized carbons (Fsp3) is 0.231. The normalized spacial score (nSPS) is 17.2. The summed E-state index contributed by atoms with van der Waals surface area (Å²) in [5.74, 6) is -1.86. The van der Waals surface area contributed by atoms with E-state index in [-0.39, 0.29) is 11.7 Å². The van der Waals surface area contributed by atoms with E-state index in [4.69, 9.17) is 5.73 Å². The summed E-state index contributed by atoms with van der Waals surface area (Å²) in [7, 11) is 0. The van der Waals surface area contributed by atoms with Crippen LogP contribution in [-0.4, -0.2) is 22.2 Å². The first-order valence-electron chi connectivity index (χ1n) is 6.25. The predicted molar refractivity (Wildman–Crippen MR) is 76.0 cm³/mol. The number of nitrogens with two attached hydrogens (primary N) is 1. The molecule has 5 nitrogen and oxygen atoms in total. The smallest absolute Gasteiger partial charge is 0.270 e. The Morgan fingerprint density at radius 3 is 2.86 bits per heavy atom. The van der Waals surface area contributed by atoms with Crippen LogP contribution in [0.25, 0.3) is 0 Å². The molecule has 1 aromatic carbocycles. The molecule has 1 unspecified atom stereocenters. The molecule has 0 bridgehead atoms. The Labute approximate surface area is 127 Å². The summed E-state index contributed by atoms with van der Waals surface area (Å²) in [6, 6.07) is 3.45. The van der Waals surface area contributed by atoms with E-state index in [9.17, 15) is 13.6 Å². The molecule has 0 spiro atoms. The number of carbonyl (C=O) groups is 1. The molecule has 8 heteroatoms. The number of rotatable bonds is 2. The summed E-state index contributed by atoms with van der Waals surface area (Å²) in [4.78, 5) is 11.4. The topological polar surface area (TPSA) is 72.9 Å². The molecule has 110 valence electrons. The van der Waals surface area contributed by atoms with Gasteiger partial charge in [0.15, 0.2) is 17.3 Å². The molecule has 0 fully saturated rings. The largest absolute Gasteiger partial charge is 0.369 e. The molecule has 1 aromatic heterocycles. The van der Waals surface area contributed by atoms with Crippen LogP contribution in [0.3, 0.4) is 0 Å². The molecule has 0 saturated carbocycles. The van der Waals surface area contributed by atoms with Gasteiger partial charge in [0.25, 0.3) is 5.91 Å². The Balaban J connectivity index is 2.10. The molecule has 3 N–H and O–H groups in total. The van der Waals surface area contributed by atoms with Gasteiger partial charge in [0, 0.05) is 6.54 Å². The number of benzene rings is 1. The third kappa shape index (κ3) is 2.29. The quantitative estimate of drug-likeness (QED) is 0.867. The molecular weight excluding hydrogens is 346 g/mol. The lowest BCUT2D eigenvalue weighted by Crippen LogP contribution is -2.24. The van der Waals surface area contributed by atoms with Crippen LogP contribution in [0, 0.1) is 11.6 Å². The maximum Gasteiger partial charge on any atom is 0.270 e. The minimum Gasteiger partial charge on any atom is -0.369 e. The van der Waals surface area contributed by atoms with Crippen LogP contribution >= 0.6 is 15.9 Å². The van der Waals surface area contributed by atoms with Gasteiger partial charge in [-0.05, 0) is 40.0 Å². The first kappa shape index (κ1) is 14.0. The van der Waals surface area contributed by atoms with Crippen molar-refractivity contribution in [2.45, 2.75) is 12.5 Å². The van der Waals surface area contributed by atoms with Gasteiger partial charge in [0.2, 0.25) is 0 Å². The van der Waals surface area contributed by atoms with E-state index in [0.29, 0.717) is 28.8 Å². The molecule has 3 rings (SSSR count). The standard InChI is InChI=1S/C13H11BrF2N4O/c14-10-11(12(17)21)19-20-9(3-4-18-13(10)20)6-1-2-7(15)8(16)5-6/h1-2,5,9,18H,3-4H2,(H2,17,21). The highest BCUT2D eigenvalue weighted by Gasteiger charge is 2.28. The van der Waals surface area contributed by atoms with Crippen molar-refractivity contribution in [3.05, 3.63) is 45.6 Å². The molecule has 0 aliphatic carbocycles. The Hall–Kier alpha value is -1.96. The number of carbonyl (C=O) groups excluding carboxylic acids is 1. The van der Waals surface area contributed by atoms with E-state index in [1.165, 1.54) is 6.07 Å². The van der Waals surface area contributed by atoms with Crippen LogP contribution in [0.1, 0.15) is 28.5 Å². The summed E-state index contributed by atoms with van der Waals surface area (Å²) >= 11 is 3.28. The highest BCUT2D eigenvalue weighted by Crippen LogP contribution is 2.36. The molecule has 1 atom stereocenters. The fourth-order valence-corrected chi connectivity index (χ4v) is 3.03. The van der Waals surface area contributed by atoms with Gasteiger partial charge in [-0.3, -0.25) is 4.79 Å². The highest BCUT2D eigenvalue weighted by molar-refractivity contribution is 9.10. The zero-order valence-corrected chi connectivity index (χ0v) is 12.3. The fourth-order valence-electron chi connectivity index (χ4n) is 2.43. The Kier molecular flexibility index (Phi) is 3.40. The van der Waals surface area contributed by atoms with E-state index in [1.54, 1.807) is 4.68 Å². The van der Waals surface area contributed by atoms with E-state index >= 15 is 0 Å². The molecule has 0 radical (unpaired) electrons. The van der Waals surface area contributed by atoms with Crippen molar-refractivity contribution >= 4 is 27.7 Å². The second kappa shape index (κ2) is 5.10. The molecule has 1 amide bonds. The summed E-state index contributed by atoms with van der Waals surface area (Å²) in [6.45, 7) is 0.617. The number of nitrogens with one attached hydrogen (secondary N) is 1. The molecular formula is C13H11BrF2N4O. The average Bonchev–Trinajstić information content (AvgIpc) is 2.80. The van der Waals surface area contributed by atoms with Crippen molar-refractivity contribution in [2.24, 2.45) is 5.73 Å². The summed E-state index contributed by atoms with van der Waals surface area (Å²) in [5, 5.41) is 7.29. The number of amides is 1. The molecule has 2 aromatic rings. The van der Waals surface area contributed by atoms with Crippen LogP contribution in [-0.2, 0) is 0 Å². The molecule has 21 heavy (non-hydrogen) atoms. The predicted octanol–water partition coefficient (Wildman–Crippen LogP) is 2.43. The van der Waals surface area contributed by atoms with Crippen LogP contribution in [0.15, 0.2) is 22.7 Å². The lowest BCUT2D eigenvalue weighted by molar-refractivity contribution is 0.0994. The van der Waals surface area contributed by atoms with Crippen molar-refractivity contribution in [3.63, 3.8) is 0 Å². The van der Waals surface area contributed by atoms with Gasteiger partial charge in [-0.1, -0.05) is 6.07 Å². The Bertz CT molecular complexity index is 731. The van der Waals surface area contributed by atoms with Crippen LogP contribution in [0.2, 0.25) is 0 Å². The Morgan fingerprint density at radius 1 is 1.43 bits per heavy atom. The lowest BCUT2D eigenvalue weighted by Gasteiger charge is -2.26. The number of halogens is 3. The monoisotopic (exact) mass is 356 g/mol. The zero-order chi connectivity index (χ0) is 15.1. The SMILES string of the molecule is NC(=O)c1nn2c(c1Br)NCCC2c1ccc(F)c(F)c1. The Morgan fingerprint density at radius 2 is 2.19 bits per heavy atom. The van der Waals surface area contributed by atoms with Gasteiger partial charge < -0.3 is 11.1 Å². The molecule has 2 heterocycles. The number of anilines is 1. The minimum atomic E-state index is -0.908. The van der Waals surface area contributed by atoms with Gasteiger partial charge in [0.05, 0.1) is 10.5 Å². The highest BCUT2D eigenvalue weighted by atomic mass is 79.9. The third-order valence-electron chi connectivity index (χ3n) is 3.42. The third-order valence-corrected chi connectivity index (χ3v) is 4.17. The van der Waals surface area contributed by atoms with Gasteiger partial charge in [-0.15, -0.1) is 0 Å². The van der Waals surface area contributed by atoms with Gasteiger partial charge in [-0.25, -0.2) is 13.5 Å². The van der Waals surface area contributed by atoms with E-state index in [1.807, 2.05) is 0 Å². The summed E-state index contributed by atoms with van der Waals surface area (Å²) < 4.78 is 28.5. The number of hydrogen-bond acceptors (Lipinski definition) is 3. The molecule has 1 aliphatic rings. The van der Waals surface area contributed by atoms with Crippen molar-refractivity contribution in [3.8, 4) is 0 Å². The summed E-state index contributed by atoms with van der Waals surface area (Å²) in [5.41, 5.74) is 5.96. The second-order valence-electron chi connectivity index (χ2n) is 4.72. The lowest BCUT2D eigenvalue weighted by atomic mass is 10.0. The van der Waals surface area contributed by atoms with Crippen molar-refractivity contribution in [1.29, 1.82) is 0 Å². The van der Waals surface area contributed by atoms with Crippen LogP contribution < -0.4 is 11.1 Å². The summed E-state index contributed by atoms with van der Waals surface area (Å²) in [6.07, 6.45) is 0.629. The number of nitrogens with zero attached hydrogens (tertiary/aromatic N) is 2. The van der Waals surface area contributed by atoms with Crippen LogP contribution in [0.5, 0.6) is 0 Å². The van der Waals surface area contributed by atoms with Gasteiger partial charge >= 0.3 is 0 Å². The maximum absolute atomic E-state index is 13.4. The number of primary amides is 1. The number of fused-ring (bicyclic) bond motifs is 1. The molecule has 1 aliphatic heterocycles.